The minimum absolute atomic E-state index is 0.0242. The molecule has 1 aliphatic heterocycles. The quantitative estimate of drug-likeness (QED) is 0.915. The van der Waals surface area contributed by atoms with E-state index in [2.05, 4.69) is 37.2 Å². The first-order chi connectivity index (χ1) is 12.1. The van der Waals surface area contributed by atoms with Crippen molar-refractivity contribution in [2.24, 2.45) is 0 Å². The van der Waals surface area contributed by atoms with Gasteiger partial charge in [-0.1, -0.05) is 12.1 Å². The van der Waals surface area contributed by atoms with Gasteiger partial charge in [0.2, 0.25) is 5.95 Å². The van der Waals surface area contributed by atoms with E-state index in [-0.39, 0.29) is 6.03 Å². The molecule has 1 aliphatic rings. The summed E-state index contributed by atoms with van der Waals surface area (Å²) in [5, 5.41) is 3.01. The SMILES string of the molecule is CN(C)c1cccc(CNC(=O)N2CCN(c3ncccn3)CC2)c1. The fourth-order valence-electron chi connectivity index (χ4n) is 2.80. The molecule has 25 heavy (non-hydrogen) atoms. The molecule has 3 rings (SSSR count). The highest BCUT2D eigenvalue weighted by molar-refractivity contribution is 5.74. The summed E-state index contributed by atoms with van der Waals surface area (Å²) in [6.45, 7) is 3.35. The monoisotopic (exact) mass is 340 g/mol. The van der Waals surface area contributed by atoms with Crippen molar-refractivity contribution >= 4 is 17.7 Å². The summed E-state index contributed by atoms with van der Waals surface area (Å²) < 4.78 is 0. The van der Waals surface area contributed by atoms with Gasteiger partial charge in [-0.2, -0.15) is 0 Å². The largest absolute Gasteiger partial charge is 0.378 e. The molecule has 2 amide bonds. The summed E-state index contributed by atoms with van der Waals surface area (Å²) >= 11 is 0. The normalized spacial score (nSPS) is 14.3. The molecule has 0 radical (unpaired) electrons. The third-order valence-electron chi connectivity index (χ3n) is 4.27. The van der Waals surface area contributed by atoms with E-state index in [0.29, 0.717) is 19.6 Å². The summed E-state index contributed by atoms with van der Waals surface area (Å²) in [4.78, 5) is 26.9. The molecule has 1 aromatic carbocycles. The average Bonchev–Trinajstić information content (AvgIpc) is 2.67. The van der Waals surface area contributed by atoms with Gasteiger partial charge in [0, 0.05) is 64.9 Å². The van der Waals surface area contributed by atoms with Gasteiger partial charge in [0.25, 0.3) is 0 Å². The zero-order valence-electron chi connectivity index (χ0n) is 14.7. The molecule has 0 bridgehead atoms. The number of nitrogens with one attached hydrogen (secondary N) is 1. The number of aromatic nitrogens is 2. The number of hydrogen-bond acceptors (Lipinski definition) is 5. The molecule has 1 saturated heterocycles. The van der Waals surface area contributed by atoms with E-state index in [1.165, 1.54) is 0 Å². The molecule has 7 heteroatoms. The Morgan fingerprint density at radius 2 is 1.84 bits per heavy atom. The number of benzene rings is 1. The second kappa shape index (κ2) is 7.83. The van der Waals surface area contributed by atoms with Crippen molar-refractivity contribution in [1.82, 2.24) is 20.2 Å². The Hall–Kier alpha value is -2.83. The van der Waals surface area contributed by atoms with Crippen LogP contribution in [0.4, 0.5) is 16.4 Å². The van der Waals surface area contributed by atoms with Crippen molar-refractivity contribution in [1.29, 1.82) is 0 Å². The molecular weight excluding hydrogens is 316 g/mol. The molecule has 1 aromatic heterocycles. The Kier molecular flexibility index (Phi) is 5.33. The first-order valence-corrected chi connectivity index (χ1v) is 8.44. The highest BCUT2D eigenvalue weighted by atomic mass is 16.2. The van der Waals surface area contributed by atoms with Crippen molar-refractivity contribution in [3.05, 3.63) is 48.3 Å². The van der Waals surface area contributed by atoms with Crippen LogP contribution in [0.15, 0.2) is 42.7 Å². The Morgan fingerprint density at radius 3 is 2.52 bits per heavy atom. The Morgan fingerprint density at radius 1 is 1.12 bits per heavy atom. The van der Waals surface area contributed by atoms with Gasteiger partial charge in [-0.3, -0.25) is 0 Å². The Labute approximate surface area is 148 Å². The molecule has 0 spiro atoms. The van der Waals surface area contributed by atoms with Crippen LogP contribution >= 0.6 is 0 Å². The highest BCUT2D eigenvalue weighted by Crippen LogP contribution is 2.14. The lowest BCUT2D eigenvalue weighted by Gasteiger charge is -2.34. The molecule has 2 heterocycles. The van der Waals surface area contributed by atoms with Crippen LogP contribution in [0.3, 0.4) is 0 Å². The Bertz CT molecular complexity index is 698. The zero-order chi connectivity index (χ0) is 17.6. The first kappa shape index (κ1) is 17.0. The van der Waals surface area contributed by atoms with Crippen LogP contribution in [0.25, 0.3) is 0 Å². The molecular formula is C18H24N6O. The fraction of sp³-hybridized carbons (Fsp3) is 0.389. The summed E-state index contributed by atoms with van der Waals surface area (Å²) in [5.41, 5.74) is 2.22. The number of piperazine rings is 1. The fourth-order valence-corrected chi connectivity index (χ4v) is 2.80. The highest BCUT2D eigenvalue weighted by Gasteiger charge is 2.22. The molecule has 132 valence electrons. The third-order valence-corrected chi connectivity index (χ3v) is 4.27. The lowest BCUT2D eigenvalue weighted by Crippen LogP contribution is -2.52. The summed E-state index contributed by atoms with van der Waals surface area (Å²) in [6.07, 6.45) is 3.48. The Balaban J connectivity index is 1.49. The number of urea groups is 1. The van der Waals surface area contributed by atoms with Gasteiger partial charge in [-0.05, 0) is 23.8 Å². The van der Waals surface area contributed by atoms with Gasteiger partial charge in [0.05, 0.1) is 0 Å². The first-order valence-electron chi connectivity index (χ1n) is 8.44. The molecule has 7 nitrogen and oxygen atoms in total. The van der Waals surface area contributed by atoms with Crippen LogP contribution in [-0.2, 0) is 6.54 Å². The summed E-state index contributed by atoms with van der Waals surface area (Å²) in [5.74, 6) is 0.725. The van der Waals surface area contributed by atoms with E-state index >= 15 is 0 Å². The van der Waals surface area contributed by atoms with Crippen LogP contribution in [0, 0.1) is 0 Å². The number of hydrogen-bond donors (Lipinski definition) is 1. The van der Waals surface area contributed by atoms with Crippen molar-refractivity contribution in [3.63, 3.8) is 0 Å². The van der Waals surface area contributed by atoms with E-state index in [9.17, 15) is 4.79 Å². The van der Waals surface area contributed by atoms with Gasteiger partial charge < -0.3 is 20.0 Å². The third kappa shape index (κ3) is 4.37. The predicted octanol–water partition coefficient (Wildman–Crippen LogP) is 1.57. The number of nitrogens with zero attached hydrogens (tertiary/aromatic N) is 5. The van der Waals surface area contributed by atoms with E-state index < -0.39 is 0 Å². The van der Waals surface area contributed by atoms with Crippen LogP contribution in [-0.4, -0.2) is 61.2 Å². The van der Waals surface area contributed by atoms with Gasteiger partial charge in [0.15, 0.2) is 0 Å². The number of carbonyl (C=O) groups is 1. The minimum Gasteiger partial charge on any atom is -0.378 e. The maximum atomic E-state index is 12.4. The standard InChI is InChI=1S/C18H24N6O/c1-22(2)16-6-3-5-15(13-16)14-21-18(25)24-11-9-23(10-12-24)17-19-7-4-8-20-17/h3-8,13H,9-12,14H2,1-2H3,(H,21,25). The average molecular weight is 340 g/mol. The van der Waals surface area contributed by atoms with Crippen molar-refractivity contribution in [2.45, 2.75) is 6.54 Å². The topological polar surface area (TPSA) is 64.6 Å². The van der Waals surface area contributed by atoms with Gasteiger partial charge >= 0.3 is 6.03 Å². The zero-order valence-corrected chi connectivity index (χ0v) is 14.7. The summed E-state index contributed by atoms with van der Waals surface area (Å²) in [7, 11) is 4.02. The maximum absolute atomic E-state index is 12.4. The van der Waals surface area contributed by atoms with E-state index in [0.717, 1.165) is 30.3 Å². The number of anilines is 2. The molecule has 1 N–H and O–H groups in total. The second-order valence-electron chi connectivity index (χ2n) is 6.25. The summed E-state index contributed by atoms with van der Waals surface area (Å²) in [6, 6.07) is 9.96. The van der Waals surface area contributed by atoms with Crippen LogP contribution in [0.5, 0.6) is 0 Å². The molecule has 0 atom stereocenters. The van der Waals surface area contributed by atoms with Crippen molar-refractivity contribution < 1.29 is 4.79 Å². The van der Waals surface area contributed by atoms with Crippen LogP contribution in [0.2, 0.25) is 0 Å². The molecule has 2 aromatic rings. The molecule has 1 fully saturated rings. The number of carbonyl (C=O) groups excluding carboxylic acids is 1. The molecule has 0 unspecified atom stereocenters. The van der Waals surface area contributed by atoms with Gasteiger partial charge in [0.1, 0.15) is 0 Å². The lowest BCUT2D eigenvalue weighted by atomic mass is 10.2. The van der Waals surface area contributed by atoms with Crippen LogP contribution in [0.1, 0.15) is 5.56 Å². The van der Waals surface area contributed by atoms with Crippen molar-refractivity contribution in [3.8, 4) is 0 Å². The van der Waals surface area contributed by atoms with Crippen molar-refractivity contribution in [2.75, 3.05) is 50.1 Å². The number of amides is 2. The lowest BCUT2D eigenvalue weighted by molar-refractivity contribution is 0.193. The predicted molar refractivity (Wildman–Crippen MR) is 98.8 cm³/mol. The molecule has 0 saturated carbocycles. The van der Waals surface area contributed by atoms with Crippen LogP contribution < -0.4 is 15.1 Å². The second-order valence-corrected chi connectivity index (χ2v) is 6.25. The van der Waals surface area contributed by atoms with Gasteiger partial charge in [-0.15, -0.1) is 0 Å². The van der Waals surface area contributed by atoms with E-state index in [1.54, 1.807) is 18.5 Å². The van der Waals surface area contributed by atoms with E-state index in [1.807, 2.05) is 31.1 Å². The minimum atomic E-state index is -0.0242. The molecule has 0 aliphatic carbocycles. The van der Waals surface area contributed by atoms with Gasteiger partial charge in [-0.25, -0.2) is 14.8 Å². The van der Waals surface area contributed by atoms with E-state index in [4.69, 9.17) is 0 Å². The smallest absolute Gasteiger partial charge is 0.317 e. The maximum Gasteiger partial charge on any atom is 0.317 e. The number of rotatable bonds is 4.